The molecule has 0 saturated carbocycles. The molecule has 25 nitrogen and oxygen atoms in total. The highest BCUT2D eigenvalue weighted by molar-refractivity contribution is 8.76. The first kappa shape index (κ1) is 65.0. The van der Waals surface area contributed by atoms with Crippen LogP contribution in [0.15, 0.2) is 91.1 Å². The van der Waals surface area contributed by atoms with Crippen LogP contribution in [0.25, 0.3) is 10.9 Å². The van der Waals surface area contributed by atoms with Gasteiger partial charge in [0.25, 0.3) is 0 Å². The average molecular weight is 1180 g/mol. The van der Waals surface area contributed by atoms with E-state index in [9.17, 15) is 69.3 Å². The molecule has 14 atom stereocenters. The van der Waals surface area contributed by atoms with E-state index >= 15 is 0 Å². The van der Waals surface area contributed by atoms with Crippen molar-refractivity contribution in [3.63, 3.8) is 0 Å². The fourth-order valence-corrected chi connectivity index (χ4v) is 11.5. The Morgan fingerprint density at radius 3 is 2.02 bits per heavy atom. The third-order valence-electron chi connectivity index (χ3n) is 14.1. The Labute approximate surface area is 481 Å². The molecule has 2 saturated heterocycles. The van der Waals surface area contributed by atoms with Gasteiger partial charge in [-0.15, -0.1) is 0 Å². The van der Waals surface area contributed by atoms with Crippen LogP contribution in [-0.2, 0) is 57.6 Å². The number of H-pyrrole nitrogens is 1. The quantitative estimate of drug-likeness (QED) is 0.0303. The van der Waals surface area contributed by atoms with E-state index in [1.165, 1.54) is 13.8 Å². The van der Waals surface area contributed by atoms with Crippen molar-refractivity contribution in [2.75, 3.05) is 37.8 Å². The van der Waals surface area contributed by atoms with Crippen LogP contribution in [0.4, 0.5) is 0 Å². The molecule has 0 aliphatic carbocycles. The molecular formula is C55H76N10O15S2. The number of aromatic amines is 1. The van der Waals surface area contributed by atoms with Crippen molar-refractivity contribution in [2.24, 2.45) is 5.73 Å². The van der Waals surface area contributed by atoms with E-state index in [0.717, 1.165) is 32.5 Å². The van der Waals surface area contributed by atoms with Gasteiger partial charge in [-0.25, -0.2) is 0 Å². The number of aromatic nitrogens is 1. The maximum atomic E-state index is 15.0. The van der Waals surface area contributed by atoms with Crippen molar-refractivity contribution >= 4 is 73.8 Å². The summed E-state index contributed by atoms with van der Waals surface area (Å²) >= 11 is 0. The lowest BCUT2D eigenvalue weighted by Crippen LogP contribution is -2.66. The Morgan fingerprint density at radius 1 is 0.756 bits per heavy atom. The van der Waals surface area contributed by atoms with Crippen LogP contribution in [0.2, 0.25) is 0 Å². The first-order chi connectivity index (χ1) is 39.2. The summed E-state index contributed by atoms with van der Waals surface area (Å²) in [5.41, 5.74) is 8.34. The highest BCUT2D eigenvalue weighted by atomic mass is 33.1. The zero-order valence-electron chi connectivity index (χ0n) is 45.4. The molecule has 0 radical (unpaired) electrons. The minimum Gasteiger partial charge on any atom is -0.394 e. The second kappa shape index (κ2) is 31.5. The normalized spacial score (nSPS) is 27.0. The van der Waals surface area contributed by atoms with Crippen LogP contribution in [0, 0.1) is 0 Å². The third kappa shape index (κ3) is 18.4. The number of nitrogens with two attached hydrogens (primary N) is 1. The third-order valence-corrected chi connectivity index (χ3v) is 16.5. The standard InChI is InChI=1S/C55H76N10O15S2/c1-30(67)41(25-66)62-53(77)43-28-82-81-27-42(63-49(73)38(21-32-13-5-3-6-14-32)58-29-55(79)47(71)46(70)44(69)26-80-55)52(76)60-39(22-33-15-7-4-8-16-33)50(74)61-40(23-34-24-57-36-18-10-9-17-35(34)36)51(75)59-37(19-11-12-20-56)48(72)65-45(31(2)68)54(78)64-43/h3-10,13-18,24,30-31,37-47,57-58,66-71,79H,11-12,19-23,25-29,56H2,1-2H3,(H,59,75)(H,60,76)(H,61,74)(H,62,77)(H,63,73)(H,64,78)(H,65,72)/t30-,31-,37+,38-,39?,40-,41-,42+,43?,44-,45?,46-,47+,55-/m1/s1. The van der Waals surface area contributed by atoms with E-state index in [4.69, 9.17) is 10.5 Å². The molecule has 2 aliphatic rings. The van der Waals surface area contributed by atoms with E-state index < -0.39 is 146 Å². The minimum absolute atomic E-state index is 0.0111. The predicted octanol–water partition coefficient (Wildman–Crippen LogP) is -3.37. The first-order valence-electron chi connectivity index (χ1n) is 27.0. The number of fused-ring (bicyclic) bond motifs is 1. The molecule has 3 unspecified atom stereocenters. The smallest absolute Gasteiger partial charge is 0.245 e. The largest absolute Gasteiger partial charge is 0.394 e. The van der Waals surface area contributed by atoms with Gasteiger partial charge in [-0.1, -0.05) is 100 Å². The molecule has 27 heteroatoms. The minimum atomic E-state index is -2.49. The number of nitrogens with one attached hydrogen (secondary N) is 9. The molecular weight excluding hydrogens is 1100 g/mol. The number of aliphatic hydroxyl groups is 7. The van der Waals surface area contributed by atoms with Crippen molar-refractivity contribution in [3.8, 4) is 0 Å². The first-order valence-corrected chi connectivity index (χ1v) is 29.5. The maximum Gasteiger partial charge on any atom is 0.245 e. The fraction of sp³-hybridized carbons (Fsp3) is 0.509. The number of unbranched alkanes of at least 4 members (excludes halogenated alkanes) is 1. The molecule has 7 amide bonds. The molecule has 82 heavy (non-hydrogen) atoms. The number of hydrogen-bond donors (Lipinski definition) is 17. The fourth-order valence-electron chi connectivity index (χ4n) is 9.18. The highest BCUT2D eigenvalue weighted by Gasteiger charge is 2.49. The lowest BCUT2D eigenvalue weighted by atomic mass is 9.96. The molecule has 3 aromatic carbocycles. The second-order valence-corrected chi connectivity index (χ2v) is 23.0. The van der Waals surface area contributed by atoms with E-state index in [-0.39, 0.29) is 43.7 Å². The zero-order valence-corrected chi connectivity index (χ0v) is 47.1. The van der Waals surface area contributed by atoms with Gasteiger partial charge in [-0.05, 0) is 68.8 Å². The number of ether oxygens (including phenoxy) is 1. The van der Waals surface area contributed by atoms with Crippen LogP contribution < -0.4 is 48.3 Å². The number of hydrogen-bond acceptors (Lipinski definition) is 19. The Balaban J connectivity index is 1.41. The molecule has 3 heterocycles. The summed E-state index contributed by atoms with van der Waals surface area (Å²) in [6, 6.07) is 13.0. The van der Waals surface area contributed by atoms with E-state index in [2.05, 4.69) is 47.5 Å². The Hall–Kier alpha value is -6.21. The molecule has 2 aliphatic heterocycles. The van der Waals surface area contributed by atoms with E-state index in [1.54, 1.807) is 72.9 Å². The number of para-hydroxylation sites is 1. The highest BCUT2D eigenvalue weighted by Crippen LogP contribution is 2.26. The number of carbonyl (C=O) groups is 7. The molecule has 6 rings (SSSR count). The van der Waals surface area contributed by atoms with E-state index in [1.807, 2.05) is 18.2 Å². The summed E-state index contributed by atoms with van der Waals surface area (Å²) in [6.45, 7) is 0.866. The van der Waals surface area contributed by atoms with Crippen LogP contribution in [0.5, 0.6) is 0 Å². The van der Waals surface area contributed by atoms with E-state index in [0.29, 0.717) is 29.5 Å². The molecule has 4 aromatic rings. The molecule has 2 fully saturated rings. The zero-order chi connectivity index (χ0) is 59.5. The van der Waals surface area contributed by atoms with Crippen LogP contribution in [0.3, 0.4) is 0 Å². The lowest BCUT2D eigenvalue weighted by Gasteiger charge is -2.42. The second-order valence-electron chi connectivity index (χ2n) is 20.5. The van der Waals surface area contributed by atoms with Crippen molar-refractivity contribution in [1.82, 2.24) is 47.5 Å². The molecule has 18 N–H and O–H groups in total. The van der Waals surface area contributed by atoms with Crippen LogP contribution in [0.1, 0.15) is 49.8 Å². The summed E-state index contributed by atoms with van der Waals surface area (Å²) in [5.74, 6) is -9.31. The number of rotatable bonds is 20. The van der Waals surface area contributed by atoms with Gasteiger partial charge >= 0.3 is 0 Å². The van der Waals surface area contributed by atoms with Gasteiger partial charge in [0.2, 0.25) is 47.1 Å². The van der Waals surface area contributed by atoms with Gasteiger partial charge in [0.1, 0.15) is 54.6 Å². The number of amides is 7. The number of aliphatic hydroxyl groups excluding tert-OH is 6. The summed E-state index contributed by atoms with van der Waals surface area (Å²) in [7, 11) is 1.89. The van der Waals surface area contributed by atoms with Crippen molar-refractivity contribution < 1.29 is 74.0 Å². The summed E-state index contributed by atoms with van der Waals surface area (Å²) < 4.78 is 5.35. The summed E-state index contributed by atoms with van der Waals surface area (Å²) in [6.07, 6.45) is -6.14. The van der Waals surface area contributed by atoms with Gasteiger partial charge in [-0.3, -0.25) is 33.6 Å². The molecule has 0 bridgehead atoms. The Morgan fingerprint density at radius 2 is 1.37 bits per heavy atom. The SMILES string of the molecule is C[C@@H](O)C1NC(=O)[C@H](CCCCN)NC(=O)[C@@H](Cc2c[nH]c3ccccc23)NC(=O)C(Cc2ccccc2)NC(=O)[C@@H](NC(=O)[C@@H](Cc2ccccc2)NC[C@@]2(O)OC[C@@H](O)[C@@H](O)[C@@H]2O)CSSCC(C(=O)N[C@H](CO)[C@@H](C)O)NC1=O. The van der Waals surface area contributed by atoms with Crippen LogP contribution >= 0.6 is 21.6 Å². The predicted molar refractivity (Wildman–Crippen MR) is 305 cm³/mol. The lowest BCUT2D eigenvalue weighted by molar-refractivity contribution is -0.318. The Bertz CT molecular complexity index is 2750. The maximum absolute atomic E-state index is 15.0. The monoisotopic (exact) mass is 1180 g/mol. The molecule has 448 valence electrons. The topological polar surface area (TPSA) is 408 Å². The van der Waals surface area contributed by atoms with Crippen molar-refractivity contribution in [2.45, 2.75) is 137 Å². The number of benzene rings is 3. The van der Waals surface area contributed by atoms with Gasteiger partial charge in [-0.2, -0.15) is 0 Å². The van der Waals surface area contributed by atoms with Gasteiger partial charge in [0, 0.05) is 41.4 Å². The number of carbonyl (C=O) groups excluding carboxylic acids is 7. The van der Waals surface area contributed by atoms with Gasteiger partial charge < -0.3 is 93.7 Å². The summed E-state index contributed by atoms with van der Waals surface area (Å²) in [5, 5.41) is 96.2. The Kier molecular flexibility index (Phi) is 24.9. The van der Waals surface area contributed by atoms with Gasteiger partial charge in [0.05, 0.1) is 44.1 Å². The van der Waals surface area contributed by atoms with Gasteiger partial charge in [0.15, 0.2) is 0 Å². The van der Waals surface area contributed by atoms with Crippen LogP contribution in [-0.4, -0.2) is 205 Å². The van der Waals surface area contributed by atoms with Crippen molar-refractivity contribution in [1.29, 1.82) is 0 Å². The molecule has 0 spiro atoms. The average Bonchev–Trinajstić information content (AvgIpc) is 4.00. The molecule has 1 aromatic heterocycles. The van der Waals surface area contributed by atoms with Crippen molar-refractivity contribution in [3.05, 3.63) is 108 Å². The summed E-state index contributed by atoms with van der Waals surface area (Å²) in [4.78, 5) is 105.